The summed E-state index contributed by atoms with van der Waals surface area (Å²) in [6.45, 7) is 2.54. The van der Waals surface area contributed by atoms with Crippen LogP contribution < -0.4 is 0 Å². The van der Waals surface area contributed by atoms with E-state index < -0.39 is 0 Å². The van der Waals surface area contributed by atoms with Crippen molar-refractivity contribution in [2.45, 2.75) is 44.4 Å². The first-order chi connectivity index (χ1) is 7.65. The minimum absolute atomic E-state index is 0.185. The highest BCUT2D eigenvalue weighted by molar-refractivity contribution is 5.41. The topological polar surface area (TPSA) is 40.5 Å². The number of benzene rings is 1. The van der Waals surface area contributed by atoms with Crippen molar-refractivity contribution in [1.29, 1.82) is 0 Å². The van der Waals surface area contributed by atoms with Crippen molar-refractivity contribution in [2.75, 3.05) is 6.61 Å². The number of aliphatic hydroxyl groups is 1. The van der Waals surface area contributed by atoms with E-state index in [4.69, 9.17) is 5.11 Å². The van der Waals surface area contributed by atoms with Crippen LogP contribution >= 0.6 is 0 Å². The molecule has 16 heavy (non-hydrogen) atoms. The van der Waals surface area contributed by atoms with Crippen molar-refractivity contribution >= 4 is 0 Å². The molecule has 0 saturated heterocycles. The second-order valence-electron chi connectivity index (χ2n) is 5.08. The molecule has 1 atom stereocenters. The van der Waals surface area contributed by atoms with Gasteiger partial charge in [0.25, 0.3) is 0 Å². The molecule has 88 valence electrons. The van der Waals surface area contributed by atoms with E-state index in [1.54, 1.807) is 6.07 Å². The van der Waals surface area contributed by atoms with Gasteiger partial charge in [-0.05, 0) is 60.8 Å². The standard InChI is InChI=1S/C14H20O2/c1-14(8-3-9-15)7-2-4-11-10-12(16)5-6-13(11)14/h5-6,10,15-16H,2-4,7-9H2,1H3. The second kappa shape index (κ2) is 4.46. The number of hydrogen-bond donors (Lipinski definition) is 2. The van der Waals surface area contributed by atoms with E-state index in [1.165, 1.54) is 24.0 Å². The van der Waals surface area contributed by atoms with Crippen LogP contribution in [0.3, 0.4) is 0 Å². The summed E-state index contributed by atoms with van der Waals surface area (Å²) >= 11 is 0. The molecule has 2 heteroatoms. The van der Waals surface area contributed by atoms with Gasteiger partial charge in [-0.15, -0.1) is 0 Å². The van der Waals surface area contributed by atoms with Gasteiger partial charge in [0.15, 0.2) is 0 Å². The number of aliphatic hydroxyl groups excluding tert-OH is 1. The van der Waals surface area contributed by atoms with Crippen LogP contribution in [0, 0.1) is 0 Å². The quantitative estimate of drug-likeness (QED) is 0.822. The maximum absolute atomic E-state index is 9.49. The number of hydrogen-bond acceptors (Lipinski definition) is 2. The molecular formula is C14H20O2. The fourth-order valence-electron chi connectivity index (χ4n) is 2.91. The summed E-state index contributed by atoms with van der Waals surface area (Å²) in [5.74, 6) is 0.366. The van der Waals surface area contributed by atoms with E-state index in [0.717, 1.165) is 19.3 Å². The van der Waals surface area contributed by atoms with Crippen LogP contribution in [0.4, 0.5) is 0 Å². The molecule has 1 aromatic carbocycles. The van der Waals surface area contributed by atoms with Crippen molar-refractivity contribution in [1.82, 2.24) is 0 Å². The van der Waals surface area contributed by atoms with Gasteiger partial charge in [-0.2, -0.15) is 0 Å². The number of phenols is 1. The zero-order valence-corrected chi connectivity index (χ0v) is 9.87. The Morgan fingerprint density at radius 1 is 1.38 bits per heavy atom. The second-order valence-corrected chi connectivity index (χ2v) is 5.08. The van der Waals surface area contributed by atoms with Crippen LogP contribution in [0.2, 0.25) is 0 Å². The summed E-state index contributed by atoms with van der Waals surface area (Å²) in [6.07, 6.45) is 5.32. The number of aromatic hydroxyl groups is 1. The molecule has 0 fully saturated rings. The highest BCUT2D eigenvalue weighted by Gasteiger charge is 2.31. The van der Waals surface area contributed by atoms with Crippen molar-refractivity contribution in [3.8, 4) is 5.75 Å². The van der Waals surface area contributed by atoms with Gasteiger partial charge in [0, 0.05) is 6.61 Å². The Hall–Kier alpha value is -1.02. The summed E-state index contributed by atoms with van der Waals surface area (Å²) in [5, 5.41) is 18.5. The maximum Gasteiger partial charge on any atom is 0.115 e. The normalized spacial score (nSPS) is 24.1. The van der Waals surface area contributed by atoms with Gasteiger partial charge < -0.3 is 10.2 Å². The molecule has 0 spiro atoms. The van der Waals surface area contributed by atoms with Crippen LogP contribution in [0.15, 0.2) is 18.2 Å². The summed E-state index contributed by atoms with van der Waals surface area (Å²) in [5.41, 5.74) is 2.83. The van der Waals surface area contributed by atoms with Crippen molar-refractivity contribution < 1.29 is 10.2 Å². The highest BCUT2D eigenvalue weighted by Crippen LogP contribution is 2.41. The molecule has 1 unspecified atom stereocenters. The molecule has 1 aliphatic carbocycles. The lowest BCUT2D eigenvalue weighted by Gasteiger charge is -2.36. The average Bonchev–Trinajstić information content (AvgIpc) is 2.26. The summed E-state index contributed by atoms with van der Waals surface area (Å²) in [7, 11) is 0. The third kappa shape index (κ3) is 2.07. The zero-order valence-electron chi connectivity index (χ0n) is 9.87. The zero-order chi connectivity index (χ0) is 11.6. The van der Waals surface area contributed by atoms with Gasteiger partial charge in [-0.1, -0.05) is 13.0 Å². The van der Waals surface area contributed by atoms with Gasteiger partial charge in [-0.25, -0.2) is 0 Å². The minimum atomic E-state index is 0.185. The third-order valence-corrected chi connectivity index (χ3v) is 3.80. The van der Waals surface area contributed by atoms with E-state index in [-0.39, 0.29) is 12.0 Å². The summed E-state index contributed by atoms with van der Waals surface area (Å²) in [4.78, 5) is 0. The molecule has 0 amide bonds. The molecule has 0 heterocycles. The van der Waals surface area contributed by atoms with E-state index in [1.807, 2.05) is 6.07 Å². The lowest BCUT2D eigenvalue weighted by molar-refractivity contribution is 0.255. The molecule has 2 N–H and O–H groups in total. The number of rotatable bonds is 3. The fourth-order valence-corrected chi connectivity index (χ4v) is 2.91. The van der Waals surface area contributed by atoms with Crippen molar-refractivity contribution in [3.05, 3.63) is 29.3 Å². The molecule has 0 radical (unpaired) electrons. The fraction of sp³-hybridized carbons (Fsp3) is 0.571. The van der Waals surface area contributed by atoms with E-state index in [9.17, 15) is 5.11 Å². The van der Waals surface area contributed by atoms with E-state index in [0.29, 0.717) is 5.75 Å². The third-order valence-electron chi connectivity index (χ3n) is 3.80. The van der Waals surface area contributed by atoms with Crippen LogP contribution in [0.5, 0.6) is 5.75 Å². The Kier molecular flexibility index (Phi) is 3.20. The van der Waals surface area contributed by atoms with Crippen LogP contribution in [-0.4, -0.2) is 16.8 Å². The Labute approximate surface area is 96.9 Å². The van der Waals surface area contributed by atoms with Crippen molar-refractivity contribution in [2.24, 2.45) is 0 Å². The monoisotopic (exact) mass is 220 g/mol. The first-order valence-electron chi connectivity index (χ1n) is 6.09. The molecule has 0 saturated carbocycles. The molecule has 2 nitrogen and oxygen atoms in total. The lowest BCUT2D eigenvalue weighted by Crippen LogP contribution is -2.27. The Bertz CT molecular complexity index is 373. The SMILES string of the molecule is CC1(CCCO)CCCc2cc(O)ccc21. The number of phenolic OH excluding ortho intramolecular Hbond substituents is 1. The predicted molar refractivity (Wildman–Crippen MR) is 64.7 cm³/mol. The highest BCUT2D eigenvalue weighted by atomic mass is 16.3. The maximum atomic E-state index is 9.49. The summed E-state index contributed by atoms with van der Waals surface area (Å²) in [6, 6.07) is 5.73. The summed E-state index contributed by atoms with van der Waals surface area (Å²) < 4.78 is 0. The molecular weight excluding hydrogens is 200 g/mol. The molecule has 0 bridgehead atoms. The number of aryl methyl sites for hydroxylation is 1. The van der Waals surface area contributed by atoms with Gasteiger partial charge in [0.1, 0.15) is 5.75 Å². The molecule has 1 aromatic rings. The molecule has 1 aliphatic rings. The van der Waals surface area contributed by atoms with E-state index >= 15 is 0 Å². The average molecular weight is 220 g/mol. The minimum Gasteiger partial charge on any atom is -0.508 e. The smallest absolute Gasteiger partial charge is 0.115 e. The largest absolute Gasteiger partial charge is 0.508 e. The van der Waals surface area contributed by atoms with Crippen LogP contribution in [0.1, 0.15) is 43.7 Å². The van der Waals surface area contributed by atoms with Crippen LogP contribution in [-0.2, 0) is 11.8 Å². The Morgan fingerprint density at radius 2 is 2.19 bits per heavy atom. The molecule has 0 aromatic heterocycles. The first kappa shape index (κ1) is 11.5. The molecule has 0 aliphatic heterocycles. The Balaban J connectivity index is 2.31. The number of fused-ring (bicyclic) bond motifs is 1. The predicted octanol–water partition coefficient (Wildman–Crippen LogP) is 2.76. The Morgan fingerprint density at radius 3 is 2.94 bits per heavy atom. The van der Waals surface area contributed by atoms with Gasteiger partial charge in [-0.3, -0.25) is 0 Å². The van der Waals surface area contributed by atoms with Crippen LogP contribution in [0.25, 0.3) is 0 Å². The van der Waals surface area contributed by atoms with Gasteiger partial charge >= 0.3 is 0 Å². The van der Waals surface area contributed by atoms with Gasteiger partial charge in [0.05, 0.1) is 0 Å². The first-order valence-corrected chi connectivity index (χ1v) is 6.09. The molecule has 2 rings (SSSR count). The van der Waals surface area contributed by atoms with E-state index in [2.05, 4.69) is 13.0 Å². The van der Waals surface area contributed by atoms with Crippen molar-refractivity contribution in [3.63, 3.8) is 0 Å². The van der Waals surface area contributed by atoms with Gasteiger partial charge in [0.2, 0.25) is 0 Å². The lowest BCUT2D eigenvalue weighted by atomic mass is 9.69.